The van der Waals surface area contributed by atoms with Crippen LogP contribution in [0.15, 0.2) is 83.8 Å². The van der Waals surface area contributed by atoms with Crippen LogP contribution in [0.4, 0.5) is 5.69 Å². The molecule has 3 aromatic carbocycles. The van der Waals surface area contributed by atoms with Crippen LogP contribution in [0.1, 0.15) is 10.4 Å². The zero-order valence-corrected chi connectivity index (χ0v) is 17.9. The maximum atomic E-state index is 12.7. The second-order valence-electron chi connectivity index (χ2n) is 6.53. The summed E-state index contributed by atoms with van der Waals surface area (Å²) in [5, 5.41) is 0.415. The molecule has 0 saturated carbocycles. The van der Waals surface area contributed by atoms with Gasteiger partial charge in [-0.15, -0.1) is 0 Å². The highest BCUT2D eigenvalue weighted by molar-refractivity contribution is 7.92. The number of amides is 1. The van der Waals surface area contributed by atoms with Gasteiger partial charge in [0.05, 0.1) is 17.1 Å². The number of benzene rings is 3. The van der Waals surface area contributed by atoms with Crippen LogP contribution in [-0.2, 0) is 10.0 Å². The topological polar surface area (TPSA) is 75.7 Å². The van der Waals surface area contributed by atoms with Gasteiger partial charge in [-0.25, -0.2) is 8.42 Å². The number of anilines is 1. The first-order chi connectivity index (χ1) is 14.3. The van der Waals surface area contributed by atoms with Crippen molar-refractivity contribution in [3.63, 3.8) is 0 Å². The van der Waals surface area contributed by atoms with Crippen LogP contribution in [0.25, 0.3) is 0 Å². The van der Waals surface area contributed by atoms with E-state index in [4.69, 9.17) is 16.3 Å². The zero-order valence-electron chi connectivity index (χ0n) is 16.3. The highest BCUT2D eigenvalue weighted by Gasteiger charge is 2.18. The van der Waals surface area contributed by atoms with E-state index in [0.29, 0.717) is 23.9 Å². The first-order valence-electron chi connectivity index (χ1n) is 9.17. The Bertz CT molecular complexity index is 1120. The Balaban J connectivity index is 1.66. The van der Waals surface area contributed by atoms with Gasteiger partial charge < -0.3 is 9.64 Å². The number of nitrogens with one attached hydrogen (secondary N) is 1. The zero-order chi connectivity index (χ0) is 21.6. The predicted octanol–water partition coefficient (Wildman–Crippen LogP) is 4.29. The molecule has 30 heavy (non-hydrogen) atoms. The molecular weight excluding hydrogens is 424 g/mol. The maximum absolute atomic E-state index is 12.7. The molecule has 3 aromatic rings. The fraction of sp³-hybridized carbons (Fsp3) is 0.136. The summed E-state index contributed by atoms with van der Waals surface area (Å²) in [5.74, 6) is 0.421. The van der Waals surface area contributed by atoms with Gasteiger partial charge in [0.15, 0.2) is 0 Å². The van der Waals surface area contributed by atoms with Gasteiger partial charge in [-0.2, -0.15) is 0 Å². The summed E-state index contributed by atoms with van der Waals surface area (Å²) in [6.45, 7) is 0.673. The van der Waals surface area contributed by atoms with Crippen LogP contribution in [-0.4, -0.2) is 39.4 Å². The van der Waals surface area contributed by atoms with Crippen LogP contribution in [0, 0.1) is 0 Å². The molecule has 0 radical (unpaired) electrons. The molecule has 0 aliphatic heterocycles. The maximum Gasteiger partial charge on any atom is 0.261 e. The number of halogens is 1. The number of carbonyl (C=O) groups is 1. The lowest BCUT2D eigenvalue weighted by atomic mass is 10.2. The molecule has 156 valence electrons. The molecule has 0 spiro atoms. The molecule has 0 aromatic heterocycles. The Kier molecular flexibility index (Phi) is 6.97. The third-order valence-electron chi connectivity index (χ3n) is 4.25. The van der Waals surface area contributed by atoms with Crippen LogP contribution >= 0.6 is 11.6 Å². The number of ether oxygens (including phenoxy) is 1. The number of para-hydroxylation sites is 1. The molecule has 0 aliphatic rings. The smallest absolute Gasteiger partial charge is 0.261 e. The Morgan fingerprint density at radius 1 is 1.00 bits per heavy atom. The molecule has 0 bridgehead atoms. The number of sulfonamides is 1. The van der Waals surface area contributed by atoms with Gasteiger partial charge in [0.2, 0.25) is 0 Å². The minimum Gasteiger partial charge on any atom is -0.492 e. The van der Waals surface area contributed by atoms with E-state index in [-0.39, 0.29) is 16.4 Å². The Morgan fingerprint density at radius 2 is 1.73 bits per heavy atom. The first-order valence-corrected chi connectivity index (χ1v) is 11.0. The van der Waals surface area contributed by atoms with E-state index in [1.807, 2.05) is 30.3 Å². The van der Waals surface area contributed by atoms with Crippen molar-refractivity contribution >= 4 is 33.2 Å². The average Bonchev–Trinajstić information content (AvgIpc) is 2.73. The van der Waals surface area contributed by atoms with Gasteiger partial charge in [0.25, 0.3) is 15.9 Å². The molecule has 3 rings (SSSR count). The van der Waals surface area contributed by atoms with Crippen molar-refractivity contribution < 1.29 is 17.9 Å². The molecular formula is C22H21ClN2O4S. The fourth-order valence-corrected chi connectivity index (χ4v) is 3.99. The van der Waals surface area contributed by atoms with Crippen molar-refractivity contribution in [2.45, 2.75) is 4.90 Å². The number of hydrogen-bond donors (Lipinski definition) is 1. The molecule has 0 heterocycles. The molecule has 0 fully saturated rings. The first kappa shape index (κ1) is 21.7. The van der Waals surface area contributed by atoms with Gasteiger partial charge in [0.1, 0.15) is 12.4 Å². The summed E-state index contributed by atoms with van der Waals surface area (Å²) in [7, 11) is -2.23. The monoisotopic (exact) mass is 444 g/mol. The molecule has 0 saturated heterocycles. The summed E-state index contributed by atoms with van der Waals surface area (Å²) >= 11 is 5.91. The molecule has 1 N–H and O–H groups in total. The second kappa shape index (κ2) is 9.65. The largest absolute Gasteiger partial charge is 0.492 e. The van der Waals surface area contributed by atoms with E-state index >= 15 is 0 Å². The number of rotatable bonds is 8. The molecule has 8 heteroatoms. The molecule has 0 atom stereocenters. The predicted molar refractivity (Wildman–Crippen MR) is 118 cm³/mol. The Hall–Kier alpha value is -3.03. The minimum absolute atomic E-state index is 0.0118. The van der Waals surface area contributed by atoms with E-state index < -0.39 is 10.0 Å². The van der Waals surface area contributed by atoms with Crippen LogP contribution in [0.5, 0.6) is 5.75 Å². The van der Waals surface area contributed by atoms with Crippen LogP contribution in [0.2, 0.25) is 5.02 Å². The third kappa shape index (κ3) is 5.75. The lowest BCUT2D eigenvalue weighted by Crippen LogP contribution is -2.31. The number of nitrogens with zero attached hydrogens (tertiary/aromatic N) is 1. The van der Waals surface area contributed by atoms with Crippen LogP contribution < -0.4 is 9.46 Å². The van der Waals surface area contributed by atoms with Crippen molar-refractivity contribution in [1.82, 2.24) is 4.90 Å². The van der Waals surface area contributed by atoms with Gasteiger partial charge >= 0.3 is 0 Å². The number of carbonyl (C=O) groups excluding carboxylic acids is 1. The molecule has 0 aliphatic carbocycles. The van der Waals surface area contributed by atoms with E-state index in [1.54, 1.807) is 31.3 Å². The summed E-state index contributed by atoms with van der Waals surface area (Å²) in [5.41, 5.74) is 0.612. The van der Waals surface area contributed by atoms with E-state index in [0.717, 1.165) is 5.75 Å². The number of hydrogen-bond acceptors (Lipinski definition) is 4. The second-order valence-corrected chi connectivity index (χ2v) is 8.65. The number of likely N-dealkylation sites (N-methyl/N-ethyl adjacent to an activating group) is 1. The van der Waals surface area contributed by atoms with Crippen molar-refractivity contribution in [2.75, 3.05) is 24.9 Å². The van der Waals surface area contributed by atoms with E-state index in [9.17, 15) is 13.2 Å². The highest BCUT2D eigenvalue weighted by Crippen LogP contribution is 2.20. The Labute approximate surface area is 181 Å². The molecule has 6 nitrogen and oxygen atoms in total. The quantitative estimate of drug-likeness (QED) is 0.562. The summed E-state index contributed by atoms with van der Waals surface area (Å²) in [4.78, 5) is 14.2. The summed E-state index contributed by atoms with van der Waals surface area (Å²) < 4.78 is 33.4. The van der Waals surface area contributed by atoms with Crippen molar-refractivity contribution in [3.05, 3.63) is 89.4 Å². The third-order valence-corrected chi connectivity index (χ3v) is 5.87. The lowest BCUT2D eigenvalue weighted by Gasteiger charge is -2.18. The minimum atomic E-state index is -3.87. The van der Waals surface area contributed by atoms with Crippen molar-refractivity contribution in [1.29, 1.82) is 0 Å². The molecule has 1 amide bonds. The van der Waals surface area contributed by atoms with Gasteiger partial charge in [-0.3, -0.25) is 9.52 Å². The van der Waals surface area contributed by atoms with E-state index in [1.165, 1.54) is 29.2 Å². The highest BCUT2D eigenvalue weighted by atomic mass is 35.5. The molecule has 0 unspecified atom stereocenters. The fourth-order valence-electron chi connectivity index (χ4n) is 2.70. The van der Waals surface area contributed by atoms with E-state index in [2.05, 4.69) is 4.72 Å². The SMILES string of the molecule is CN(CCOc1ccccc1)C(=O)c1cccc(S(=O)(=O)Nc2cccc(Cl)c2)c1. The van der Waals surface area contributed by atoms with Crippen LogP contribution in [0.3, 0.4) is 0 Å². The standard InChI is InChI=1S/C22H21ClN2O4S/c1-25(13-14-29-20-10-3-2-4-11-20)22(26)17-7-5-12-21(15-17)30(27,28)24-19-9-6-8-18(23)16-19/h2-12,15-16,24H,13-14H2,1H3. The van der Waals surface area contributed by atoms with Crippen molar-refractivity contribution in [2.24, 2.45) is 0 Å². The van der Waals surface area contributed by atoms with Crippen molar-refractivity contribution in [3.8, 4) is 5.75 Å². The lowest BCUT2D eigenvalue weighted by molar-refractivity contribution is 0.0773. The Morgan fingerprint density at radius 3 is 2.47 bits per heavy atom. The van der Waals surface area contributed by atoms with Gasteiger partial charge in [0, 0.05) is 17.6 Å². The summed E-state index contributed by atoms with van der Waals surface area (Å²) in [6, 6.07) is 21.6. The van der Waals surface area contributed by atoms with Gasteiger partial charge in [-0.05, 0) is 48.5 Å². The average molecular weight is 445 g/mol. The normalized spacial score (nSPS) is 11.0. The summed E-state index contributed by atoms with van der Waals surface area (Å²) in [6.07, 6.45) is 0. The van der Waals surface area contributed by atoms with Gasteiger partial charge in [-0.1, -0.05) is 41.9 Å².